The summed E-state index contributed by atoms with van der Waals surface area (Å²) in [5.41, 5.74) is 3.91. The summed E-state index contributed by atoms with van der Waals surface area (Å²) < 4.78 is 3.07. The highest BCUT2D eigenvalue weighted by Gasteiger charge is 2.09. The maximum absolute atomic E-state index is 10.4. The fourth-order valence-corrected chi connectivity index (χ4v) is 2.50. The SMILES string of the molecule is Cc1cc(/C=C/[N+](=O)[O-])c(C)n1-c1cccc(Br)c1. The summed E-state index contributed by atoms with van der Waals surface area (Å²) in [6.45, 7) is 3.94. The van der Waals surface area contributed by atoms with Crippen molar-refractivity contribution in [2.75, 3.05) is 0 Å². The Morgan fingerprint density at radius 1 is 1.32 bits per heavy atom. The fraction of sp³-hybridized carbons (Fsp3) is 0.143. The van der Waals surface area contributed by atoms with Crippen LogP contribution in [0, 0.1) is 24.0 Å². The van der Waals surface area contributed by atoms with Crippen molar-refractivity contribution in [3.63, 3.8) is 0 Å². The second-order valence-electron chi connectivity index (χ2n) is 4.24. The third-order valence-electron chi connectivity index (χ3n) is 2.91. The Hall–Kier alpha value is -1.88. The van der Waals surface area contributed by atoms with Gasteiger partial charge in [0.25, 0.3) is 0 Å². The van der Waals surface area contributed by atoms with E-state index < -0.39 is 4.92 Å². The Kier molecular flexibility index (Phi) is 3.85. The lowest BCUT2D eigenvalue weighted by Gasteiger charge is -2.09. The number of aryl methyl sites for hydroxylation is 1. The van der Waals surface area contributed by atoms with Crippen molar-refractivity contribution in [2.24, 2.45) is 0 Å². The normalized spacial score (nSPS) is 11.1. The quantitative estimate of drug-likeness (QED) is 0.631. The first-order valence-corrected chi connectivity index (χ1v) is 6.55. The molecule has 0 aliphatic rings. The van der Waals surface area contributed by atoms with E-state index in [0.29, 0.717) is 0 Å². The molecule has 0 atom stereocenters. The minimum atomic E-state index is -0.453. The molecule has 0 aliphatic heterocycles. The highest BCUT2D eigenvalue weighted by molar-refractivity contribution is 9.10. The van der Waals surface area contributed by atoms with E-state index in [0.717, 1.165) is 33.3 Å². The molecule has 1 heterocycles. The van der Waals surface area contributed by atoms with Gasteiger partial charge in [-0.15, -0.1) is 0 Å². The Labute approximate surface area is 119 Å². The van der Waals surface area contributed by atoms with Gasteiger partial charge in [-0.2, -0.15) is 0 Å². The zero-order valence-corrected chi connectivity index (χ0v) is 12.2. The van der Waals surface area contributed by atoms with E-state index in [1.54, 1.807) is 0 Å². The van der Waals surface area contributed by atoms with Crippen LogP contribution in [0.15, 0.2) is 41.0 Å². The van der Waals surface area contributed by atoms with Crippen LogP contribution in [0.1, 0.15) is 17.0 Å². The van der Waals surface area contributed by atoms with Crippen molar-refractivity contribution in [3.05, 3.63) is 68.1 Å². The first-order valence-electron chi connectivity index (χ1n) is 5.75. The predicted molar refractivity (Wildman–Crippen MR) is 79.0 cm³/mol. The van der Waals surface area contributed by atoms with E-state index in [1.165, 1.54) is 6.08 Å². The highest BCUT2D eigenvalue weighted by Crippen LogP contribution is 2.23. The highest BCUT2D eigenvalue weighted by atomic mass is 79.9. The molecule has 0 saturated heterocycles. The van der Waals surface area contributed by atoms with E-state index in [1.807, 2.05) is 44.2 Å². The van der Waals surface area contributed by atoms with Gasteiger partial charge in [0.15, 0.2) is 0 Å². The van der Waals surface area contributed by atoms with Gasteiger partial charge in [-0.3, -0.25) is 10.1 Å². The smallest absolute Gasteiger partial charge is 0.235 e. The Bertz CT molecular complexity index is 659. The molecule has 0 fully saturated rings. The van der Waals surface area contributed by atoms with Gasteiger partial charge < -0.3 is 4.57 Å². The molecular formula is C14H13BrN2O2. The van der Waals surface area contributed by atoms with Crippen LogP contribution in [0.5, 0.6) is 0 Å². The lowest BCUT2D eigenvalue weighted by atomic mass is 10.2. The Morgan fingerprint density at radius 3 is 2.68 bits per heavy atom. The molecule has 0 spiro atoms. The summed E-state index contributed by atoms with van der Waals surface area (Å²) in [5, 5.41) is 10.4. The van der Waals surface area contributed by atoms with Gasteiger partial charge in [-0.1, -0.05) is 22.0 Å². The summed E-state index contributed by atoms with van der Waals surface area (Å²) in [6.07, 6.45) is 2.49. The molecule has 0 bridgehead atoms. The number of halogens is 1. The van der Waals surface area contributed by atoms with Gasteiger partial charge in [0.1, 0.15) is 0 Å². The minimum absolute atomic E-state index is 0.453. The van der Waals surface area contributed by atoms with E-state index in [4.69, 9.17) is 0 Å². The van der Waals surface area contributed by atoms with Gasteiger partial charge >= 0.3 is 0 Å². The van der Waals surface area contributed by atoms with Gasteiger partial charge in [0, 0.05) is 33.2 Å². The van der Waals surface area contributed by atoms with Crippen molar-refractivity contribution >= 4 is 22.0 Å². The van der Waals surface area contributed by atoms with Crippen LogP contribution in [-0.4, -0.2) is 9.49 Å². The topological polar surface area (TPSA) is 48.1 Å². The minimum Gasteiger partial charge on any atom is -0.318 e. The second kappa shape index (κ2) is 5.40. The molecule has 0 unspecified atom stereocenters. The lowest BCUT2D eigenvalue weighted by Crippen LogP contribution is -1.98. The molecule has 1 aromatic heterocycles. The Morgan fingerprint density at radius 2 is 2.05 bits per heavy atom. The summed E-state index contributed by atoms with van der Waals surface area (Å²) in [4.78, 5) is 9.94. The number of nitrogens with zero attached hydrogens (tertiary/aromatic N) is 2. The van der Waals surface area contributed by atoms with Gasteiger partial charge in [-0.25, -0.2) is 0 Å². The summed E-state index contributed by atoms with van der Waals surface area (Å²) >= 11 is 3.45. The molecule has 0 aliphatic carbocycles. The van der Waals surface area contributed by atoms with Crippen LogP contribution in [0.4, 0.5) is 0 Å². The molecule has 19 heavy (non-hydrogen) atoms. The van der Waals surface area contributed by atoms with Crippen LogP contribution in [0.2, 0.25) is 0 Å². The summed E-state index contributed by atoms with van der Waals surface area (Å²) in [7, 11) is 0. The zero-order chi connectivity index (χ0) is 14.0. The average Bonchev–Trinajstić information content (AvgIpc) is 2.62. The van der Waals surface area contributed by atoms with Gasteiger partial charge in [-0.05, 0) is 38.1 Å². The van der Waals surface area contributed by atoms with Crippen LogP contribution < -0.4 is 0 Å². The third kappa shape index (κ3) is 2.93. The van der Waals surface area contributed by atoms with Crippen molar-refractivity contribution in [3.8, 4) is 5.69 Å². The van der Waals surface area contributed by atoms with Crippen molar-refractivity contribution in [1.29, 1.82) is 0 Å². The number of hydrogen-bond donors (Lipinski definition) is 0. The first-order chi connectivity index (χ1) is 8.99. The van der Waals surface area contributed by atoms with E-state index in [9.17, 15) is 10.1 Å². The summed E-state index contributed by atoms with van der Waals surface area (Å²) in [5.74, 6) is 0. The molecule has 5 heteroatoms. The van der Waals surface area contributed by atoms with E-state index in [2.05, 4.69) is 20.5 Å². The molecule has 2 rings (SSSR count). The maximum Gasteiger partial charge on any atom is 0.235 e. The molecule has 0 radical (unpaired) electrons. The van der Waals surface area contributed by atoms with Crippen LogP contribution in [-0.2, 0) is 0 Å². The number of rotatable bonds is 3. The predicted octanol–water partition coefficient (Wildman–Crippen LogP) is 4.10. The third-order valence-corrected chi connectivity index (χ3v) is 3.41. The monoisotopic (exact) mass is 320 g/mol. The average molecular weight is 321 g/mol. The number of hydrogen-bond acceptors (Lipinski definition) is 2. The number of nitro groups is 1. The molecule has 0 amide bonds. The molecule has 0 N–H and O–H groups in total. The van der Waals surface area contributed by atoms with Crippen molar-refractivity contribution in [2.45, 2.75) is 13.8 Å². The number of aromatic nitrogens is 1. The first kappa shape index (κ1) is 13.5. The van der Waals surface area contributed by atoms with E-state index in [-0.39, 0.29) is 0 Å². The van der Waals surface area contributed by atoms with E-state index >= 15 is 0 Å². The summed E-state index contributed by atoms with van der Waals surface area (Å²) in [6, 6.07) is 9.89. The van der Waals surface area contributed by atoms with Gasteiger partial charge in [0.2, 0.25) is 6.20 Å². The van der Waals surface area contributed by atoms with Crippen LogP contribution in [0.3, 0.4) is 0 Å². The lowest BCUT2D eigenvalue weighted by molar-refractivity contribution is -0.400. The van der Waals surface area contributed by atoms with Crippen LogP contribution in [0.25, 0.3) is 11.8 Å². The van der Waals surface area contributed by atoms with Crippen molar-refractivity contribution in [1.82, 2.24) is 4.57 Å². The standard InChI is InChI=1S/C14H13BrN2O2/c1-10-8-12(6-7-16(18)19)11(2)17(10)14-5-3-4-13(15)9-14/h3-9H,1-2H3/b7-6+. The van der Waals surface area contributed by atoms with Crippen LogP contribution >= 0.6 is 15.9 Å². The number of benzene rings is 1. The second-order valence-corrected chi connectivity index (χ2v) is 5.16. The molecule has 4 nitrogen and oxygen atoms in total. The molecule has 98 valence electrons. The maximum atomic E-state index is 10.4. The molecule has 0 saturated carbocycles. The zero-order valence-electron chi connectivity index (χ0n) is 10.6. The molecular weight excluding hydrogens is 308 g/mol. The molecule has 1 aromatic carbocycles. The fourth-order valence-electron chi connectivity index (χ4n) is 2.11. The van der Waals surface area contributed by atoms with Crippen molar-refractivity contribution < 1.29 is 4.92 Å². The van der Waals surface area contributed by atoms with Gasteiger partial charge in [0.05, 0.1) is 4.92 Å². The largest absolute Gasteiger partial charge is 0.318 e. The molecule has 2 aromatic rings. The Balaban J connectivity index is 2.51.